The first kappa shape index (κ1) is 17.7. The van der Waals surface area contributed by atoms with Gasteiger partial charge in [0.1, 0.15) is 21.4 Å². The number of nitrogens with zero attached hydrogens (tertiary/aromatic N) is 1. The Kier molecular flexibility index (Phi) is 4.69. The molecule has 1 saturated carbocycles. The van der Waals surface area contributed by atoms with E-state index in [-0.39, 0.29) is 15.6 Å². The SMILES string of the molecule is NC(=O)c1cc(N(O)Sc2cccc(F)c2)sc1NC(=O)C1(O)CC1. The average molecular weight is 383 g/mol. The number of halogens is 1. The second-order valence-electron chi connectivity index (χ2n) is 5.50. The number of hydrogen-bond acceptors (Lipinski definition) is 7. The molecule has 0 bridgehead atoms. The second-order valence-corrected chi connectivity index (χ2v) is 7.53. The van der Waals surface area contributed by atoms with Crippen molar-refractivity contribution in [3.63, 3.8) is 0 Å². The predicted molar refractivity (Wildman–Crippen MR) is 92.2 cm³/mol. The van der Waals surface area contributed by atoms with Crippen LogP contribution < -0.4 is 15.5 Å². The monoisotopic (exact) mass is 383 g/mol. The molecule has 132 valence electrons. The van der Waals surface area contributed by atoms with E-state index in [1.165, 1.54) is 24.3 Å². The molecule has 0 aliphatic heterocycles. The number of anilines is 2. The van der Waals surface area contributed by atoms with Gasteiger partial charge in [0.15, 0.2) is 0 Å². The number of aliphatic hydroxyl groups is 1. The Morgan fingerprint density at radius 1 is 1.36 bits per heavy atom. The normalized spacial score (nSPS) is 14.8. The van der Waals surface area contributed by atoms with Gasteiger partial charge in [-0.2, -0.15) is 4.47 Å². The summed E-state index contributed by atoms with van der Waals surface area (Å²) in [5.74, 6) is -1.86. The van der Waals surface area contributed by atoms with Gasteiger partial charge in [0.2, 0.25) is 0 Å². The zero-order valence-corrected chi connectivity index (χ0v) is 14.4. The van der Waals surface area contributed by atoms with Gasteiger partial charge in [0.25, 0.3) is 11.8 Å². The zero-order valence-electron chi connectivity index (χ0n) is 12.7. The first-order valence-corrected chi connectivity index (χ1v) is 8.77. The lowest BCUT2D eigenvalue weighted by atomic mass is 10.2. The van der Waals surface area contributed by atoms with Gasteiger partial charge in [0, 0.05) is 16.8 Å². The molecule has 5 N–H and O–H groups in total. The van der Waals surface area contributed by atoms with E-state index in [0.29, 0.717) is 17.7 Å². The Bertz CT molecular complexity index is 838. The Morgan fingerprint density at radius 3 is 2.68 bits per heavy atom. The van der Waals surface area contributed by atoms with Gasteiger partial charge in [-0.05, 0) is 37.1 Å². The molecule has 1 aromatic heterocycles. The van der Waals surface area contributed by atoms with Crippen LogP contribution in [-0.2, 0) is 4.79 Å². The third-order valence-electron chi connectivity index (χ3n) is 3.53. The Balaban J connectivity index is 1.80. The number of nitrogens with one attached hydrogen (secondary N) is 1. The van der Waals surface area contributed by atoms with Crippen LogP contribution in [0.5, 0.6) is 0 Å². The molecule has 1 aromatic carbocycles. The van der Waals surface area contributed by atoms with Crippen molar-refractivity contribution >= 4 is 45.1 Å². The summed E-state index contributed by atoms with van der Waals surface area (Å²) in [5, 5.41) is 22.8. The molecule has 0 spiro atoms. The fourth-order valence-electron chi connectivity index (χ4n) is 1.98. The fourth-order valence-corrected chi connectivity index (χ4v) is 3.73. The molecule has 0 atom stereocenters. The fraction of sp³-hybridized carbons (Fsp3) is 0.200. The second kappa shape index (κ2) is 6.64. The molecule has 1 heterocycles. The van der Waals surface area contributed by atoms with Crippen LogP contribution in [0.25, 0.3) is 0 Å². The lowest BCUT2D eigenvalue weighted by molar-refractivity contribution is -0.125. The van der Waals surface area contributed by atoms with Crippen LogP contribution in [0.1, 0.15) is 23.2 Å². The van der Waals surface area contributed by atoms with E-state index < -0.39 is 23.2 Å². The summed E-state index contributed by atoms with van der Waals surface area (Å²) in [4.78, 5) is 24.0. The molecular weight excluding hydrogens is 369 g/mol. The van der Waals surface area contributed by atoms with Crippen LogP contribution in [0.2, 0.25) is 0 Å². The van der Waals surface area contributed by atoms with Crippen molar-refractivity contribution in [1.29, 1.82) is 0 Å². The molecular formula is C15H14FN3O4S2. The lowest BCUT2D eigenvalue weighted by Crippen LogP contribution is -2.29. The number of benzene rings is 1. The molecule has 25 heavy (non-hydrogen) atoms. The van der Waals surface area contributed by atoms with E-state index in [0.717, 1.165) is 27.8 Å². The quantitative estimate of drug-likeness (QED) is 0.450. The Morgan fingerprint density at radius 2 is 2.08 bits per heavy atom. The van der Waals surface area contributed by atoms with Gasteiger partial charge in [-0.1, -0.05) is 17.4 Å². The van der Waals surface area contributed by atoms with Gasteiger partial charge in [0.05, 0.1) is 5.56 Å². The smallest absolute Gasteiger partial charge is 0.256 e. The summed E-state index contributed by atoms with van der Waals surface area (Å²) in [6.07, 6.45) is 0.703. The first-order valence-electron chi connectivity index (χ1n) is 7.18. The summed E-state index contributed by atoms with van der Waals surface area (Å²) in [6.45, 7) is 0. The molecule has 0 radical (unpaired) electrons. The lowest BCUT2D eigenvalue weighted by Gasteiger charge is -2.12. The summed E-state index contributed by atoms with van der Waals surface area (Å²) >= 11 is 1.74. The van der Waals surface area contributed by atoms with Crippen LogP contribution in [0.15, 0.2) is 35.2 Å². The van der Waals surface area contributed by atoms with Crippen LogP contribution >= 0.6 is 23.3 Å². The van der Waals surface area contributed by atoms with Crippen LogP contribution in [0.4, 0.5) is 14.4 Å². The van der Waals surface area contributed by atoms with E-state index in [4.69, 9.17) is 5.73 Å². The number of thiophene rings is 1. The molecule has 2 aromatic rings. The van der Waals surface area contributed by atoms with Crippen LogP contribution in [0, 0.1) is 5.82 Å². The number of hydrogen-bond donors (Lipinski definition) is 4. The van der Waals surface area contributed by atoms with Gasteiger partial charge in [-0.15, -0.1) is 0 Å². The van der Waals surface area contributed by atoms with Gasteiger partial charge in [-0.3, -0.25) is 14.8 Å². The van der Waals surface area contributed by atoms with E-state index >= 15 is 0 Å². The molecule has 1 aliphatic rings. The molecule has 0 unspecified atom stereocenters. The minimum atomic E-state index is -1.41. The average Bonchev–Trinajstić information content (AvgIpc) is 3.15. The Hall–Kier alpha value is -2.14. The molecule has 7 nitrogen and oxygen atoms in total. The first-order chi connectivity index (χ1) is 11.8. The van der Waals surface area contributed by atoms with Gasteiger partial charge >= 0.3 is 0 Å². The highest BCUT2D eigenvalue weighted by Gasteiger charge is 2.48. The zero-order chi connectivity index (χ0) is 18.2. The molecule has 10 heteroatoms. The molecule has 0 saturated heterocycles. The molecule has 3 rings (SSSR count). The number of rotatable bonds is 6. The summed E-state index contributed by atoms with van der Waals surface area (Å²) in [5.41, 5.74) is 3.90. The third-order valence-corrected chi connectivity index (χ3v) is 5.51. The van der Waals surface area contributed by atoms with Gasteiger partial charge < -0.3 is 16.2 Å². The highest BCUT2D eigenvalue weighted by molar-refractivity contribution is 8.00. The molecule has 1 aliphatic carbocycles. The van der Waals surface area contributed by atoms with Crippen LogP contribution in [0.3, 0.4) is 0 Å². The molecule has 1 fully saturated rings. The van der Waals surface area contributed by atoms with Gasteiger partial charge in [-0.25, -0.2) is 4.39 Å². The van der Waals surface area contributed by atoms with E-state index in [2.05, 4.69) is 5.32 Å². The van der Waals surface area contributed by atoms with Crippen molar-refractivity contribution in [2.75, 3.05) is 9.79 Å². The number of amides is 2. The number of carbonyl (C=O) groups excluding carboxylic acids is 2. The maximum absolute atomic E-state index is 13.2. The van der Waals surface area contributed by atoms with Crippen molar-refractivity contribution in [2.24, 2.45) is 5.73 Å². The Labute approximate surface area is 150 Å². The number of primary amides is 1. The van der Waals surface area contributed by atoms with E-state index in [9.17, 15) is 24.3 Å². The van der Waals surface area contributed by atoms with Crippen molar-refractivity contribution in [3.8, 4) is 0 Å². The minimum Gasteiger partial charge on any atom is -0.380 e. The van der Waals surface area contributed by atoms with E-state index in [1.807, 2.05) is 0 Å². The minimum absolute atomic E-state index is 0.0106. The van der Waals surface area contributed by atoms with Crippen LogP contribution in [-0.4, -0.2) is 27.7 Å². The largest absolute Gasteiger partial charge is 0.380 e. The maximum atomic E-state index is 13.2. The van der Waals surface area contributed by atoms with Crippen molar-refractivity contribution in [2.45, 2.75) is 23.3 Å². The summed E-state index contributed by atoms with van der Waals surface area (Å²) in [7, 11) is 0. The van der Waals surface area contributed by atoms with Crippen molar-refractivity contribution in [3.05, 3.63) is 41.7 Å². The summed E-state index contributed by atoms with van der Waals surface area (Å²) in [6, 6.07) is 6.92. The molecule has 2 amide bonds. The highest BCUT2D eigenvalue weighted by atomic mass is 32.2. The summed E-state index contributed by atoms with van der Waals surface area (Å²) < 4.78 is 14.0. The maximum Gasteiger partial charge on any atom is 0.256 e. The van der Waals surface area contributed by atoms with Crippen molar-refractivity contribution in [1.82, 2.24) is 0 Å². The topological polar surface area (TPSA) is 116 Å². The third kappa shape index (κ3) is 3.93. The number of nitrogens with two attached hydrogens (primary N) is 1. The standard InChI is InChI=1S/C15H14FN3O4S2/c16-8-2-1-3-9(6-8)25-19(23)11-7-10(12(17)20)13(24-11)18-14(21)15(22)4-5-15/h1-3,6-7,22-23H,4-5H2,(H2,17,20)(H,18,21). The predicted octanol–water partition coefficient (Wildman–Crippen LogP) is 2.35. The highest BCUT2D eigenvalue weighted by Crippen LogP contribution is 2.41. The number of carbonyl (C=O) groups is 2. The van der Waals surface area contributed by atoms with Crippen molar-refractivity contribution < 1.29 is 24.3 Å². The van der Waals surface area contributed by atoms with E-state index in [1.54, 1.807) is 6.07 Å².